The number of rotatable bonds is 47. The molecule has 1 saturated heterocycles. The van der Waals surface area contributed by atoms with Crippen LogP contribution in [0.5, 0.6) is 0 Å². The zero-order chi connectivity index (χ0) is 49.0. The highest BCUT2D eigenvalue weighted by molar-refractivity contribution is 5.80. The number of unbranched alkanes of at least 4 members (excludes halogenated alkanes) is 29. The predicted octanol–water partition coefficient (Wildman–Crippen LogP) is 11.1. The lowest BCUT2D eigenvalue weighted by Crippen LogP contribution is -2.60. The Hall–Kier alpha value is -1.67. The minimum atomic E-state index is -1.67. The van der Waals surface area contributed by atoms with Crippen LogP contribution in [-0.2, 0) is 14.3 Å². The quantitative estimate of drug-likeness (QED) is 0.0215. The van der Waals surface area contributed by atoms with Gasteiger partial charge in [-0.15, -0.1) is 0 Å². The Bertz CT molecular complexity index is 1180. The van der Waals surface area contributed by atoms with E-state index in [1.54, 1.807) is 0 Å². The fourth-order valence-electron chi connectivity index (χ4n) is 8.81. The number of nitrogens with one attached hydrogen (secondary N) is 1. The van der Waals surface area contributed by atoms with E-state index < -0.39 is 74.2 Å². The van der Waals surface area contributed by atoms with Crippen LogP contribution in [0.15, 0.2) is 36.5 Å². The molecule has 0 aromatic heterocycles. The van der Waals surface area contributed by atoms with Gasteiger partial charge in [0.2, 0.25) is 5.91 Å². The highest BCUT2D eigenvalue weighted by atomic mass is 16.7. The SMILES string of the molecule is CCCCCCCC/C=C\CCCCC(O)C(=O)NC(COC1OC(CO)C(O)C(O)C1O)C(O)C(O)CCC/C=C/CC/C=C/CCCCCCCCCCCCCCCCCCCCC. The highest BCUT2D eigenvalue weighted by Crippen LogP contribution is 2.23. The predicted molar refractivity (Wildman–Crippen MR) is 275 cm³/mol. The molecule has 9 atom stereocenters. The highest BCUT2D eigenvalue weighted by Gasteiger charge is 2.44. The van der Waals surface area contributed by atoms with E-state index in [-0.39, 0.29) is 12.8 Å². The van der Waals surface area contributed by atoms with Crippen LogP contribution in [-0.4, -0.2) is 110 Å². The summed E-state index contributed by atoms with van der Waals surface area (Å²) in [6.45, 7) is 3.41. The summed E-state index contributed by atoms with van der Waals surface area (Å²) in [5.41, 5.74) is 0. The Balaban J connectivity index is 2.31. The lowest BCUT2D eigenvalue weighted by molar-refractivity contribution is -0.303. The Morgan fingerprint density at radius 3 is 1.33 bits per heavy atom. The van der Waals surface area contributed by atoms with E-state index in [9.17, 15) is 40.5 Å². The Labute approximate surface area is 409 Å². The Kier molecular flexibility index (Phi) is 43.0. The fourth-order valence-corrected chi connectivity index (χ4v) is 8.81. The largest absolute Gasteiger partial charge is 0.394 e. The molecule has 0 saturated carbocycles. The maximum absolute atomic E-state index is 13.1. The first kappa shape index (κ1) is 63.3. The van der Waals surface area contributed by atoms with Crippen molar-refractivity contribution in [3.63, 3.8) is 0 Å². The first-order chi connectivity index (χ1) is 32.7. The zero-order valence-electron chi connectivity index (χ0n) is 42.9. The van der Waals surface area contributed by atoms with Crippen molar-refractivity contribution in [2.24, 2.45) is 0 Å². The molecule has 0 radical (unpaired) electrons. The van der Waals surface area contributed by atoms with E-state index >= 15 is 0 Å². The van der Waals surface area contributed by atoms with Crippen LogP contribution in [0, 0.1) is 0 Å². The van der Waals surface area contributed by atoms with Crippen molar-refractivity contribution in [2.75, 3.05) is 13.2 Å². The molecule has 11 heteroatoms. The lowest BCUT2D eigenvalue weighted by atomic mass is 9.98. The smallest absolute Gasteiger partial charge is 0.249 e. The molecule has 0 aliphatic carbocycles. The lowest BCUT2D eigenvalue weighted by Gasteiger charge is -2.40. The topological polar surface area (TPSA) is 189 Å². The van der Waals surface area contributed by atoms with E-state index in [1.807, 2.05) is 0 Å². The average Bonchev–Trinajstić information content (AvgIpc) is 3.33. The molecule has 394 valence electrons. The van der Waals surface area contributed by atoms with Crippen molar-refractivity contribution in [1.82, 2.24) is 5.32 Å². The molecule has 67 heavy (non-hydrogen) atoms. The molecule has 1 rings (SSSR count). The number of allylic oxidation sites excluding steroid dienone is 6. The van der Waals surface area contributed by atoms with E-state index in [4.69, 9.17) is 9.47 Å². The molecular formula is C56H105NO10. The first-order valence-corrected chi connectivity index (χ1v) is 27.9. The summed E-state index contributed by atoms with van der Waals surface area (Å²) in [6, 6.07) is -1.20. The van der Waals surface area contributed by atoms with E-state index in [0.717, 1.165) is 38.5 Å². The maximum atomic E-state index is 13.1. The van der Waals surface area contributed by atoms with Gasteiger partial charge in [-0.3, -0.25) is 4.79 Å². The van der Waals surface area contributed by atoms with Crippen molar-refractivity contribution in [2.45, 2.75) is 300 Å². The molecule has 11 nitrogen and oxygen atoms in total. The van der Waals surface area contributed by atoms with E-state index in [0.29, 0.717) is 19.3 Å². The van der Waals surface area contributed by atoms with Gasteiger partial charge < -0.3 is 50.5 Å². The molecule has 0 spiro atoms. The van der Waals surface area contributed by atoms with Crippen LogP contribution >= 0.6 is 0 Å². The number of carbonyl (C=O) groups is 1. The molecule has 1 heterocycles. The molecule has 1 amide bonds. The normalized spacial score (nSPS) is 20.9. The summed E-state index contributed by atoms with van der Waals surface area (Å²) in [4.78, 5) is 13.1. The number of hydrogen-bond donors (Lipinski definition) is 8. The molecule has 9 unspecified atom stereocenters. The van der Waals surface area contributed by atoms with Crippen molar-refractivity contribution in [1.29, 1.82) is 0 Å². The molecule has 1 aliphatic heterocycles. The summed E-state index contributed by atoms with van der Waals surface area (Å²) in [6.07, 6.45) is 43.7. The van der Waals surface area contributed by atoms with E-state index in [1.165, 1.54) is 161 Å². The van der Waals surface area contributed by atoms with Gasteiger partial charge in [-0.25, -0.2) is 0 Å². The van der Waals surface area contributed by atoms with Gasteiger partial charge >= 0.3 is 0 Å². The van der Waals surface area contributed by atoms with Gasteiger partial charge in [0.15, 0.2) is 6.29 Å². The number of ether oxygens (including phenoxy) is 2. The van der Waals surface area contributed by atoms with Gasteiger partial charge in [0.25, 0.3) is 0 Å². The van der Waals surface area contributed by atoms with Gasteiger partial charge in [0.1, 0.15) is 36.6 Å². The third kappa shape index (κ3) is 34.3. The third-order valence-corrected chi connectivity index (χ3v) is 13.4. The van der Waals surface area contributed by atoms with Gasteiger partial charge in [-0.1, -0.05) is 204 Å². The van der Waals surface area contributed by atoms with Crippen LogP contribution in [0.1, 0.15) is 245 Å². The van der Waals surface area contributed by atoms with Crippen molar-refractivity contribution in [3.05, 3.63) is 36.5 Å². The summed E-state index contributed by atoms with van der Waals surface area (Å²) >= 11 is 0. The number of carbonyl (C=O) groups excluding carboxylic acids is 1. The van der Waals surface area contributed by atoms with Crippen molar-refractivity contribution in [3.8, 4) is 0 Å². The van der Waals surface area contributed by atoms with Crippen LogP contribution < -0.4 is 5.32 Å². The molecule has 8 N–H and O–H groups in total. The molecule has 0 aromatic carbocycles. The molecule has 0 bridgehead atoms. The molecular weight excluding hydrogens is 847 g/mol. The van der Waals surface area contributed by atoms with Crippen molar-refractivity contribution < 1.29 is 50.0 Å². The summed E-state index contributed by atoms with van der Waals surface area (Å²) in [7, 11) is 0. The molecule has 1 fully saturated rings. The maximum Gasteiger partial charge on any atom is 0.249 e. The molecule has 1 aliphatic rings. The van der Waals surface area contributed by atoms with Crippen LogP contribution in [0.3, 0.4) is 0 Å². The van der Waals surface area contributed by atoms with Gasteiger partial charge in [0.05, 0.1) is 25.4 Å². The second-order valence-electron chi connectivity index (χ2n) is 19.6. The second-order valence-corrected chi connectivity index (χ2v) is 19.6. The standard InChI is InChI=1S/C56H105NO10/c1-3-5-7-9-11-13-15-17-18-19-20-21-22-23-24-25-26-27-28-29-30-31-32-34-35-37-39-41-43-48(59)51(61)47(46-66-56-54(64)53(63)52(62)50(45-58)67-56)57-55(65)49(60)44-42-40-38-36-33-16-14-12-10-8-6-4-2/h30-31,33,35-37,47-54,56,58-64H,3-29,32,34,38-46H2,1-2H3,(H,57,65)/b31-30+,36-33-,37-35+. The Morgan fingerprint density at radius 2 is 0.896 bits per heavy atom. The van der Waals surface area contributed by atoms with Gasteiger partial charge in [0, 0.05) is 0 Å². The first-order valence-electron chi connectivity index (χ1n) is 27.9. The number of aliphatic hydroxyl groups excluding tert-OH is 7. The monoisotopic (exact) mass is 952 g/mol. The van der Waals surface area contributed by atoms with Crippen LogP contribution in [0.4, 0.5) is 0 Å². The van der Waals surface area contributed by atoms with Gasteiger partial charge in [-0.05, 0) is 77.0 Å². The van der Waals surface area contributed by atoms with Crippen molar-refractivity contribution >= 4 is 5.91 Å². The minimum absolute atomic E-state index is 0.220. The minimum Gasteiger partial charge on any atom is -0.394 e. The summed E-state index contributed by atoms with van der Waals surface area (Å²) in [5.74, 6) is -0.727. The second kappa shape index (κ2) is 45.5. The van der Waals surface area contributed by atoms with Crippen LogP contribution in [0.2, 0.25) is 0 Å². The fraction of sp³-hybridized carbons (Fsp3) is 0.875. The number of aliphatic hydroxyl groups is 7. The average molecular weight is 952 g/mol. The summed E-state index contributed by atoms with van der Waals surface area (Å²) in [5, 5.41) is 75.8. The number of hydrogen-bond acceptors (Lipinski definition) is 10. The van der Waals surface area contributed by atoms with Crippen LogP contribution in [0.25, 0.3) is 0 Å². The number of amides is 1. The van der Waals surface area contributed by atoms with E-state index in [2.05, 4.69) is 55.6 Å². The zero-order valence-corrected chi connectivity index (χ0v) is 42.9. The Morgan fingerprint density at radius 1 is 0.507 bits per heavy atom. The molecule has 0 aromatic rings. The summed E-state index contributed by atoms with van der Waals surface area (Å²) < 4.78 is 11.1. The van der Waals surface area contributed by atoms with Gasteiger partial charge in [-0.2, -0.15) is 0 Å². The third-order valence-electron chi connectivity index (χ3n) is 13.4.